The van der Waals surface area contributed by atoms with Crippen molar-refractivity contribution in [3.63, 3.8) is 0 Å². The summed E-state index contributed by atoms with van der Waals surface area (Å²) in [5.41, 5.74) is 0.507. The molecule has 1 fully saturated rings. The van der Waals surface area contributed by atoms with Crippen molar-refractivity contribution in [2.75, 3.05) is 5.32 Å². The van der Waals surface area contributed by atoms with Crippen LogP contribution < -0.4 is 10.6 Å². The lowest BCUT2D eigenvalue weighted by Gasteiger charge is -2.42. The molecule has 182 valence electrons. The topological polar surface area (TPSA) is 133 Å². The van der Waals surface area contributed by atoms with E-state index in [9.17, 15) is 29.4 Å². The lowest BCUT2D eigenvalue weighted by atomic mass is 9.63. The van der Waals surface area contributed by atoms with Crippen LogP contribution in [-0.2, 0) is 0 Å². The molecule has 4 unspecified atom stereocenters. The number of phenols is 1. The number of Topliss-reactive ketones (excluding diaryl/α,β-unsaturated/α-hetero) is 2. The Morgan fingerprint density at radius 3 is 1.94 bits per heavy atom. The lowest BCUT2D eigenvalue weighted by Crippen LogP contribution is -2.57. The number of carbonyl (C=O) groups excluding carboxylic acids is 4. The average Bonchev–Trinajstić information content (AvgIpc) is 2.90. The predicted molar refractivity (Wildman–Crippen MR) is 131 cm³/mol. The van der Waals surface area contributed by atoms with Crippen molar-refractivity contribution in [2.45, 2.75) is 25.0 Å². The molecule has 0 aliphatic heterocycles. The zero-order valence-corrected chi connectivity index (χ0v) is 19.2. The first-order valence-electron chi connectivity index (χ1n) is 11.7. The first kappa shape index (κ1) is 23.4. The Bertz CT molecular complexity index is 1360. The van der Waals surface area contributed by atoms with E-state index >= 15 is 0 Å². The third-order valence-corrected chi connectivity index (χ3v) is 6.93. The van der Waals surface area contributed by atoms with Gasteiger partial charge in [0.1, 0.15) is 5.75 Å². The van der Waals surface area contributed by atoms with Gasteiger partial charge in [0.15, 0.2) is 11.6 Å². The molecule has 4 atom stereocenters. The molecule has 8 heteroatoms. The monoisotopic (exact) mass is 484 g/mol. The van der Waals surface area contributed by atoms with Crippen LogP contribution in [0, 0.1) is 11.8 Å². The highest BCUT2D eigenvalue weighted by Crippen LogP contribution is 2.45. The van der Waals surface area contributed by atoms with E-state index in [2.05, 4.69) is 10.6 Å². The molecule has 2 aliphatic rings. The number of aliphatic hydroxyl groups is 1. The van der Waals surface area contributed by atoms with Crippen LogP contribution in [-0.4, -0.2) is 45.7 Å². The number of amides is 2. The van der Waals surface area contributed by atoms with Crippen LogP contribution in [0.15, 0.2) is 72.8 Å². The molecular formula is C28H24N2O6. The highest BCUT2D eigenvalue weighted by molar-refractivity contribution is 6.22. The number of fused-ring (bicyclic) bond motifs is 2. The molecular weight excluding hydrogens is 460 g/mol. The van der Waals surface area contributed by atoms with Crippen LogP contribution in [0.3, 0.4) is 0 Å². The summed E-state index contributed by atoms with van der Waals surface area (Å²) in [6, 6.07) is 18.8. The number of nitrogens with one attached hydrogen (secondary N) is 2. The van der Waals surface area contributed by atoms with Gasteiger partial charge in [-0.2, -0.15) is 0 Å². The minimum Gasteiger partial charge on any atom is -0.507 e. The minimum absolute atomic E-state index is 0.0797. The summed E-state index contributed by atoms with van der Waals surface area (Å²) < 4.78 is 0. The molecule has 4 N–H and O–H groups in total. The van der Waals surface area contributed by atoms with E-state index in [-0.39, 0.29) is 23.2 Å². The molecule has 2 amide bonds. The second kappa shape index (κ2) is 9.39. The number of ketones is 2. The highest BCUT2D eigenvalue weighted by Gasteiger charge is 2.52. The molecule has 1 saturated carbocycles. The van der Waals surface area contributed by atoms with Gasteiger partial charge in [-0.1, -0.05) is 36.4 Å². The molecule has 36 heavy (non-hydrogen) atoms. The number of phenolic OH excluding ortho intramolecular Hbond substituents is 1. The summed E-state index contributed by atoms with van der Waals surface area (Å²) in [6.45, 7) is 0. The third kappa shape index (κ3) is 4.05. The molecule has 0 radical (unpaired) electrons. The van der Waals surface area contributed by atoms with Crippen molar-refractivity contribution in [2.24, 2.45) is 11.8 Å². The largest absolute Gasteiger partial charge is 0.507 e. The Hall–Kier alpha value is -4.30. The van der Waals surface area contributed by atoms with Crippen LogP contribution in [0.1, 0.15) is 54.3 Å². The van der Waals surface area contributed by atoms with Gasteiger partial charge in [0.25, 0.3) is 11.8 Å². The Labute approximate surface area is 207 Å². The van der Waals surface area contributed by atoms with Gasteiger partial charge in [-0.25, -0.2) is 0 Å². The number of hydrogen-bond donors (Lipinski definition) is 4. The number of aromatic hydroxyl groups is 1. The van der Waals surface area contributed by atoms with Crippen LogP contribution in [0.25, 0.3) is 0 Å². The number of anilines is 1. The Morgan fingerprint density at radius 2 is 1.31 bits per heavy atom. The average molecular weight is 485 g/mol. The SMILES string of the molecule is O=C(Nc1ccc(O)c2c1C(=O)C1C(O)CCC(NC(=O)c3ccccc3)C1C2=O)c1ccccc1. The van der Waals surface area contributed by atoms with E-state index < -0.39 is 53.1 Å². The van der Waals surface area contributed by atoms with E-state index in [0.29, 0.717) is 17.5 Å². The smallest absolute Gasteiger partial charge is 0.255 e. The van der Waals surface area contributed by atoms with E-state index in [1.165, 1.54) is 12.1 Å². The Morgan fingerprint density at radius 1 is 0.722 bits per heavy atom. The quantitative estimate of drug-likeness (QED) is 0.421. The first-order valence-corrected chi connectivity index (χ1v) is 11.7. The maximum atomic E-state index is 13.7. The maximum Gasteiger partial charge on any atom is 0.255 e. The lowest BCUT2D eigenvalue weighted by molar-refractivity contribution is 0.0151. The standard InChI is InChI=1S/C28H24N2O6/c31-19-13-11-17(29-27(35)15-7-3-1-4-8-15)21-23(19)26(34)22-18(12-14-20(32)24(22)25(21)33)30-28(36)16-9-5-2-6-10-16/h1-11,13,18,20,22,24,31-32H,12,14H2,(H,29,35)(H,30,36). The third-order valence-electron chi connectivity index (χ3n) is 6.93. The molecule has 8 nitrogen and oxygen atoms in total. The van der Waals surface area contributed by atoms with Gasteiger partial charge in [0.2, 0.25) is 0 Å². The van der Waals surface area contributed by atoms with Gasteiger partial charge in [-0.3, -0.25) is 19.2 Å². The molecule has 0 aromatic heterocycles. The number of hydrogen-bond acceptors (Lipinski definition) is 6. The summed E-state index contributed by atoms with van der Waals surface area (Å²) in [7, 11) is 0. The molecule has 0 heterocycles. The summed E-state index contributed by atoms with van der Waals surface area (Å²) in [4.78, 5) is 53.0. The zero-order valence-electron chi connectivity index (χ0n) is 19.2. The van der Waals surface area contributed by atoms with E-state index in [1.807, 2.05) is 0 Å². The van der Waals surface area contributed by atoms with Crippen LogP contribution in [0.2, 0.25) is 0 Å². The van der Waals surface area contributed by atoms with Crippen molar-refractivity contribution >= 4 is 29.1 Å². The molecule has 0 spiro atoms. The number of rotatable bonds is 4. The number of aliphatic hydroxyl groups excluding tert-OH is 1. The van der Waals surface area contributed by atoms with Crippen LogP contribution >= 0.6 is 0 Å². The Kier molecular flexibility index (Phi) is 6.12. The molecule has 2 aliphatic carbocycles. The van der Waals surface area contributed by atoms with Crippen LogP contribution in [0.5, 0.6) is 5.75 Å². The Balaban J connectivity index is 1.51. The molecule has 3 aromatic carbocycles. The fraction of sp³-hybridized carbons (Fsp3) is 0.214. The van der Waals surface area contributed by atoms with Crippen molar-refractivity contribution in [3.05, 3.63) is 95.1 Å². The summed E-state index contributed by atoms with van der Waals surface area (Å²) in [5.74, 6) is -4.55. The second-order valence-corrected chi connectivity index (χ2v) is 9.07. The summed E-state index contributed by atoms with van der Waals surface area (Å²) in [5, 5.41) is 26.9. The minimum atomic E-state index is -1.12. The van der Waals surface area contributed by atoms with Gasteiger partial charge in [-0.05, 0) is 49.2 Å². The fourth-order valence-corrected chi connectivity index (χ4v) is 5.20. The first-order chi connectivity index (χ1) is 17.4. The molecule has 3 aromatic rings. The second-order valence-electron chi connectivity index (χ2n) is 9.07. The number of benzene rings is 3. The van der Waals surface area contributed by atoms with Crippen LogP contribution in [0.4, 0.5) is 5.69 Å². The normalized spacial score (nSPS) is 22.8. The van der Waals surface area contributed by atoms with Crippen molar-refractivity contribution in [1.82, 2.24) is 5.32 Å². The molecule has 5 rings (SSSR count). The van der Waals surface area contributed by atoms with Gasteiger partial charge in [-0.15, -0.1) is 0 Å². The fourth-order valence-electron chi connectivity index (χ4n) is 5.20. The van der Waals surface area contributed by atoms with Gasteiger partial charge in [0, 0.05) is 17.2 Å². The van der Waals surface area contributed by atoms with E-state index in [0.717, 1.165) is 0 Å². The summed E-state index contributed by atoms with van der Waals surface area (Å²) >= 11 is 0. The zero-order chi connectivity index (χ0) is 25.4. The highest BCUT2D eigenvalue weighted by atomic mass is 16.3. The van der Waals surface area contributed by atoms with Gasteiger partial charge < -0.3 is 20.8 Å². The van der Waals surface area contributed by atoms with Crippen molar-refractivity contribution < 1.29 is 29.4 Å². The van der Waals surface area contributed by atoms with Gasteiger partial charge in [0.05, 0.1) is 34.8 Å². The number of carbonyl (C=O) groups is 4. The maximum absolute atomic E-state index is 13.7. The molecule has 0 saturated heterocycles. The van der Waals surface area contributed by atoms with E-state index in [1.54, 1.807) is 60.7 Å². The van der Waals surface area contributed by atoms with Gasteiger partial charge >= 0.3 is 0 Å². The van der Waals surface area contributed by atoms with Crippen molar-refractivity contribution in [1.29, 1.82) is 0 Å². The summed E-state index contributed by atoms with van der Waals surface area (Å²) in [6.07, 6.45) is -0.607. The van der Waals surface area contributed by atoms with Crippen molar-refractivity contribution in [3.8, 4) is 5.75 Å². The molecule has 0 bridgehead atoms. The van der Waals surface area contributed by atoms with E-state index in [4.69, 9.17) is 0 Å². The predicted octanol–water partition coefficient (Wildman–Crippen LogP) is 3.21.